The van der Waals surface area contributed by atoms with Crippen molar-refractivity contribution in [2.45, 2.75) is 38.9 Å². The van der Waals surface area contributed by atoms with Crippen molar-refractivity contribution in [3.8, 4) is 17.5 Å². The van der Waals surface area contributed by atoms with E-state index >= 15 is 0 Å². The predicted molar refractivity (Wildman–Crippen MR) is 121 cm³/mol. The van der Waals surface area contributed by atoms with E-state index in [0.29, 0.717) is 52.2 Å². The Balaban J connectivity index is 1.49. The molecule has 8 nitrogen and oxygen atoms in total. The normalized spacial score (nSPS) is 16.3. The molecule has 32 heavy (non-hydrogen) atoms. The quantitative estimate of drug-likeness (QED) is 0.490. The Hall–Kier alpha value is -2.84. The maximum atomic E-state index is 12.3. The van der Waals surface area contributed by atoms with Gasteiger partial charge in [0.2, 0.25) is 11.8 Å². The molecule has 1 saturated heterocycles. The third-order valence-corrected chi connectivity index (χ3v) is 5.35. The van der Waals surface area contributed by atoms with E-state index in [1.807, 2.05) is 20.8 Å². The number of nitrogens with zero attached hydrogens (tertiary/aromatic N) is 4. The van der Waals surface area contributed by atoms with Gasteiger partial charge in [-0.1, -0.05) is 23.2 Å². The molecule has 168 valence electrons. The zero-order chi connectivity index (χ0) is 22.9. The summed E-state index contributed by atoms with van der Waals surface area (Å²) in [6, 6.07) is 8.44. The molecule has 3 aromatic rings. The van der Waals surface area contributed by atoms with Crippen molar-refractivity contribution >= 4 is 40.3 Å². The Morgan fingerprint density at radius 2 is 1.94 bits per heavy atom. The van der Waals surface area contributed by atoms with Crippen molar-refractivity contribution in [3.63, 3.8) is 0 Å². The fourth-order valence-corrected chi connectivity index (χ4v) is 3.47. The van der Waals surface area contributed by atoms with Crippen molar-refractivity contribution < 1.29 is 19.0 Å². The van der Waals surface area contributed by atoms with Gasteiger partial charge in [-0.15, -0.1) is 0 Å². The van der Waals surface area contributed by atoms with Crippen LogP contribution in [0.4, 0.5) is 4.79 Å². The average Bonchev–Trinajstić information content (AvgIpc) is 3.19. The maximum absolute atomic E-state index is 12.3. The van der Waals surface area contributed by atoms with E-state index < -0.39 is 5.60 Å². The lowest BCUT2D eigenvalue weighted by molar-refractivity contribution is 0.0275. The fraction of sp³-hybridized carbons (Fsp3) is 0.364. The highest BCUT2D eigenvalue weighted by molar-refractivity contribution is 6.42. The third kappa shape index (κ3) is 5.31. The van der Waals surface area contributed by atoms with Crippen molar-refractivity contribution in [2.75, 3.05) is 13.1 Å². The first-order chi connectivity index (χ1) is 15.2. The third-order valence-electron chi connectivity index (χ3n) is 4.61. The first kappa shape index (κ1) is 22.4. The van der Waals surface area contributed by atoms with Crippen molar-refractivity contribution in [1.29, 1.82) is 0 Å². The lowest BCUT2D eigenvalue weighted by Gasteiger charge is -2.24. The molecule has 1 aliphatic heterocycles. The summed E-state index contributed by atoms with van der Waals surface area (Å²) in [7, 11) is 0. The maximum Gasteiger partial charge on any atom is 0.410 e. The second-order valence-electron chi connectivity index (χ2n) is 8.33. The first-order valence-electron chi connectivity index (χ1n) is 10.1. The number of pyridine rings is 1. The molecule has 0 N–H and O–H groups in total. The summed E-state index contributed by atoms with van der Waals surface area (Å²) >= 11 is 12.0. The molecule has 1 aliphatic rings. The van der Waals surface area contributed by atoms with Gasteiger partial charge < -0.3 is 19.1 Å². The number of aromatic nitrogens is 3. The minimum absolute atomic E-state index is 0.198. The molecule has 0 bridgehead atoms. The van der Waals surface area contributed by atoms with Crippen molar-refractivity contribution in [2.24, 2.45) is 0 Å². The van der Waals surface area contributed by atoms with E-state index in [1.165, 1.54) is 6.33 Å². The standard InChI is InChI=1S/C22H22Cl2N4O4/c1-22(2,3)32-21(29)28-9-8-14(11-28)30-18-7-6-17-19(27-18)20(26-12-25-17)31-13-4-5-15(23)16(24)10-13/h4-7,10,12,14H,8-9,11H2,1-3H3/t14-/m0/s1. The molecule has 0 radical (unpaired) electrons. The van der Waals surface area contributed by atoms with Crippen molar-refractivity contribution in [1.82, 2.24) is 19.9 Å². The number of amides is 1. The van der Waals surface area contributed by atoms with Crippen LogP contribution in [0, 0.1) is 0 Å². The summed E-state index contributed by atoms with van der Waals surface area (Å²) in [4.78, 5) is 26.9. The molecule has 1 aromatic carbocycles. The number of fused-ring (bicyclic) bond motifs is 1. The monoisotopic (exact) mass is 476 g/mol. The summed E-state index contributed by atoms with van der Waals surface area (Å²) in [5.74, 6) is 1.12. The second-order valence-corrected chi connectivity index (χ2v) is 9.14. The van der Waals surface area contributed by atoms with Crippen LogP contribution in [0.25, 0.3) is 11.0 Å². The van der Waals surface area contributed by atoms with Crippen LogP contribution < -0.4 is 9.47 Å². The number of carbonyl (C=O) groups is 1. The van der Waals surface area contributed by atoms with Crippen LogP contribution in [-0.2, 0) is 4.74 Å². The molecular formula is C22H22Cl2N4O4. The Morgan fingerprint density at radius 1 is 1.12 bits per heavy atom. The summed E-state index contributed by atoms with van der Waals surface area (Å²) < 4.78 is 17.3. The molecular weight excluding hydrogens is 455 g/mol. The number of rotatable bonds is 4. The second kappa shape index (κ2) is 8.96. The lowest BCUT2D eigenvalue weighted by atomic mass is 10.2. The molecule has 1 fully saturated rings. The van der Waals surface area contributed by atoms with Gasteiger partial charge in [0.25, 0.3) is 0 Å². The number of carbonyl (C=O) groups excluding carboxylic acids is 1. The van der Waals surface area contributed by atoms with Gasteiger partial charge in [0.05, 0.1) is 22.1 Å². The lowest BCUT2D eigenvalue weighted by Crippen LogP contribution is -2.36. The first-order valence-corrected chi connectivity index (χ1v) is 10.8. The summed E-state index contributed by atoms with van der Waals surface area (Å²) in [6.07, 6.45) is 1.53. The van der Waals surface area contributed by atoms with Crippen LogP contribution in [0.1, 0.15) is 27.2 Å². The number of halogens is 2. The summed E-state index contributed by atoms with van der Waals surface area (Å²) in [5.41, 5.74) is 0.503. The van der Waals surface area contributed by atoms with Gasteiger partial charge in [0.15, 0.2) is 5.52 Å². The number of hydrogen-bond donors (Lipinski definition) is 0. The van der Waals surface area contributed by atoms with Gasteiger partial charge in [-0.2, -0.15) is 4.98 Å². The minimum atomic E-state index is -0.541. The van der Waals surface area contributed by atoms with Crippen LogP contribution in [0.15, 0.2) is 36.7 Å². The number of hydrogen-bond acceptors (Lipinski definition) is 7. The molecule has 4 rings (SSSR count). The zero-order valence-corrected chi connectivity index (χ0v) is 19.4. The Kier molecular flexibility index (Phi) is 6.26. The molecule has 1 amide bonds. The Labute approximate surface area is 195 Å². The fourth-order valence-electron chi connectivity index (χ4n) is 3.18. The molecule has 0 spiro atoms. The molecule has 1 atom stereocenters. The SMILES string of the molecule is CC(C)(C)OC(=O)N1CC[C@H](Oc2ccc3ncnc(Oc4ccc(Cl)c(Cl)c4)c3n2)C1. The van der Waals surface area contributed by atoms with Gasteiger partial charge in [-0.3, -0.25) is 0 Å². The Bertz CT molecular complexity index is 1150. The average molecular weight is 477 g/mol. The molecule has 3 heterocycles. The molecule has 10 heteroatoms. The predicted octanol–water partition coefficient (Wildman–Crippen LogP) is 5.51. The van der Waals surface area contributed by atoms with Crippen LogP contribution in [0.5, 0.6) is 17.5 Å². The number of likely N-dealkylation sites (tertiary alicyclic amines) is 1. The largest absolute Gasteiger partial charge is 0.472 e. The molecule has 0 aliphatic carbocycles. The molecule has 0 unspecified atom stereocenters. The van der Waals surface area contributed by atoms with E-state index in [-0.39, 0.29) is 18.1 Å². The molecule has 2 aromatic heterocycles. The van der Waals surface area contributed by atoms with E-state index in [9.17, 15) is 4.79 Å². The number of ether oxygens (including phenoxy) is 3. The van der Waals surface area contributed by atoms with Gasteiger partial charge >= 0.3 is 6.09 Å². The molecule has 0 saturated carbocycles. The van der Waals surface area contributed by atoms with Crippen molar-refractivity contribution in [3.05, 3.63) is 46.7 Å². The summed E-state index contributed by atoms with van der Waals surface area (Å²) in [5, 5.41) is 0.799. The highest BCUT2D eigenvalue weighted by Gasteiger charge is 2.31. The zero-order valence-electron chi connectivity index (χ0n) is 17.8. The van der Waals surface area contributed by atoms with Crippen LogP contribution >= 0.6 is 23.2 Å². The number of benzene rings is 1. The van der Waals surface area contributed by atoms with Crippen LogP contribution in [0.3, 0.4) is 0 Å². The van der Waals surface area contributed by atoms with E-state index in [4.69, 9.17) is 37.4 Å². The smallest absolute Gasteiger partial charge is 0.410 e. The highest BCUT2D eigenvalue weighted by Crippen LogP contribution is 2.31. The highest BCUT2D eigenvalue weighted by atomic mass is 35.5. The Morgan fingerprint density at radius 3 is 2.69 bits per heavy atom. The topological polar surface area (TPSA) is 86.7 Å². The van der Waals surface area contributed by atoms with Gasteiger partial charge in [-0.05, 0) is 39.0 Å². The van der Waals surface area contributed by atoms with E-state index in [0.717, 1.165) is 0 Å². The van der Waals surface area contributed by atoms with E-state index in [1.54, 1.807) is 35.2 Å². The van der Waals surface area contributed by atoms with Gasteiger partial charge in [0, 0.05) is 25.1 Å². The van der Waals surface area contributed by atoms with E-state index in [2.05, 4.69) is 15.0 Å². The van der Waals surface area contributed by atoms with Crippen LogP contribution in [-0.4, -0.2) is 50.7 Å². The minimum Gasteiger partial charge on any atom is -0.472 e. The summed E-state index contributed by atoms with van der Waals surface area (Å²) in [6.45, 7) is 6.50. The van der Waals surface area contributed by atoms with Gasteiger partial charge in [-0.25, -0.2) is 14.8 Å². The van der Waals surface area contributed by atoms with Crippen LogP contribution in [0.2, 0.25) is 10.0 Å². The van der Waals surface area contributed by atoms with Gasteiger partial charge in [0.1, 0.15) is 23.8 Å².